The zero-order valence-electron chi connectivity index (χ0n) is 48.3. The van der Waals surface area contributed by atoms with Crippen molar-refractivity contribution in [2.24, 2.45) is 11.7 Å². The molecule has 0 aliphatic heterocycles. The number of amides is 2. The van der Waals surface area contributed by atoms with Crippen molar-refractivity contribution in [3.8, 4) is 11.5 Å². The second-order valence-corrected chi connectivity index (χ2v) is 18.1. The lowest BCUT2D eigenvalue weighted by atomic mass is 9.92. The number of nitrogens with two attached hydrogens (primary N) is 1. The molecule has 0 spiro atoms. The summed E-state index contributed by atoms with van der Waals surface area (Å²) in [4.78, 5) is 74.4. The van der Waals surface area contributed by atoms with Crippen LogP contribution < -0.4 is 25.8 Å². The zero-order valence-corrected chi connectivity index (χ0v) is 48.3. The third kappa shape index (κ3) is 43.9. The summed E-state index contributed by atoms with van der Waals surface area (Å²) in [5.74, 6) is -3.15. The molecule has 0 aliphatic rings. The maximum atomic E-state index is 13.4. The van der Waals surface area contributed by atoms with Gasteiger partial charge in [0.1, 0.15) is 17.3 Å². The molecule has 0 heterocycles. The minimum absolute atomic E-state index is 0.0122. The second-order valence-electron chi connectivity index (χ2n) is 18.1. The Bertz CT molecular complexity index is 1970. The van der Waals surface area contributed by atoms with Gasteiger partial charge < -0.3 is 97.6 Å². The molecule has 6 N–H and O–H groups in total. The lowest BCUT2D eigenvalue weighted by molar-refractivity contribution is -0.140. The molecule has 2 aromatic carbocycles. The Morgan fingerprint density at radius 1 is 0.458 bits per heavy atom. The van der Waals surface area contributed by atoms with Crippen LogP contribution in [0.1, 0.15) is 43.2 Å². The lowest BCUT2D eigenvalue weighted by Crippen LogP contribution is -2.42. The first-order chi connectivity index (χ1) is 40.5. The summed E-state index contributed by atoms with van der Waals surface area (Å²) in [5, 5.41) is 23.5. The standard InChI is InChI=1S/C57H91N3O23/c1-69-21-22-75-33-34-81-40-35-76-28-23-70-16-2-3-53(62)52(42-47-6-10-51(11-7-47)83-45-56(66)67)60-54(63)13-18-72-25-30-78-37-39-80-32-27-74-20-15-59-57(68)48(41-46-4-8-50(9-5-46)82-44-55(64)65)43-49(61)12-17-71-24-29-77-36-38-79-31-26-73-19-14-58/h4-11,48,52H,2-3,12-45,58H2,1H3,(H,59,68)(H,60,63)(H,64,65)(H,66,67). The molecule has 2 aromatic rings. The number of ether oxygens (including phenoxy) is 15. The molecular weight excluding hydrogens is 1090 g/mol. The first-order valence-electron chi connectivity index (χ1n) is 28.1. The largest absolute Gasteiger partial charge is 0.482 e. The van der Waals surface area contributed by atoms with E-state index in [0.29, 0.717) is 143 Å². The SMILES string of the molecule is COCCOCCOCCOCCOCCCC(=O)C(Cc1ccc(OCC(=O)O)cc1)NC(=O)CCOCCOCCOCCOCCNC(=O)C(CC(=O)CCOCCOCCOCCOCCN)Cc1ccc(OCC(=O)O)cc1. The van der Waals surface area contributed by atoms with E-state index in [0.717, 1.165) is 11.1 Å². The van der Waals surface area contributed by atoms with Crippen molar-refractivity contribution < 1.29 is 110 Å². The highest BCUT2D eigenvalue weighted by molar-refractivity contribution is 5.89. The number of carbonyl (C=O) groups is 6. The van der Waals surface area contributed by atoms with Crippen LogP contribution in [-0.2, 0) is 103 Å². The zero-order chi connectivity index (χ0) is 60.1. The molecule has 472 valence electrons. The Morgan fingerprint density at radius 2 is 0.843 bits per heavy atom. The number of methoxy groups -OCH3 is 1. The van der Waals surface area contributed by atoms with Gasteiger partial charge in [0.2, 0.25) is 11.8 Å². The molecule has 0 saturated carbocycles. The number of benzene rings is 2. The number of hydrogen-bond donors (Lipinski definition) is 5. The van der Waals surface area contributed by atoms with Crippen LogP contribution in [0, 0.1) is 5.92 Å². The highest BCUT2D eigenvalue weighted by Crippen LogP contribution is 2.19. The fraction of sp³-hybridized carbons (Fsp3) is 0.684. The Hall–Kier alpha value is -5.30. The van der Waals surface area contributed by atoms with Crippen LogP contribution in [0.3, 0.4) is 0 Å². The van der Waals surface area contributed by atoms with Crippen LogP contribution in [0.2, 0.25) is 0 Å². The lowest BCUT2D eigenvalue weighted by Gasteiger charge is -2.18. The summed E-state index contributed by atoms with van der Waals surface area (Å²) < 4.78 is 81.3. The molecule has 0 fully saturated rings. The van der Waals surface area contributed by atoms with E-state index in [1.165, 1.54) is 0 Å². The predicted molar refractivity (Wildman–Crippen MR) is 299 cm³/mol. The maximum Gasteiger partial charge on any atom is 0.341 e. The number of rotatable bonds is 60. The van der Waals surface area contributed by atoms with Crippen LogP contribution in [-0.4, -0.2) is 250 Å². The number of aliphatic carboxylic acids is 2. The molecule has 2 unspecified atom stereocenters. The summed E-state index contributed by atoms with van der Waals surface area (Å²) in [7, 11) is 1.61. The third-order valence-corrected chi connectivity index (χ3v) is 11.4. The molecule has 26 heteroatoms. The van der Waals surface area contributed by atoms with Crippen LogP contribution in [0.5, 0.6) is 11.5 Å². The fourth-order valence-corrected chi connectivity index (χ4v) is 7.18. The van der Waals surface area contributed by atoms with Crippen LogP contribution in [0.4, 0.5) is 0 Å². The number of carboxylic acid groups (broad SMARTS) is 2. The number of hydrogen-bond acceptors (Lipinski definition) is 22. The van der Waals surface area contributed by atoms with Gasteiger partial charge in [-0.2, -0.15) is 0 Å². The quantitative estimate of drug-likeness (QED) is 0.0586. The molecule has 0 aromatic heterocycles. The van der Waals surface area contributed by atoms with Gasteiger partial charge in [-0.25, -0.2) is 9.59 Å². The Balaban J connectivity index is 1.63. The van der Waals surface area contributed by atoms with Crippen molar-refractivity contribution in [2.45, 2.75) is 51.0 Å². The Labute approximate surface area is 487 Å². The van der Waals surface area contributed by atoms with Crippen LogP contribution >= 0.6 is 0 Å². The van der Waals surface area contributed by atoms with Crippen molar-refractivity contribution in [1.29, 1.82) is 0 Å². The molecule has 2 atom stereocenters. The molecule has 2 amide bonds. The van der Waals surface area contributed by atoms with Gasteiger partial charge in [0.05, 0.1) is 165 Å². The van der Waals surface area contributed by atoms with Gasteiger partial charge in [-0.05, 0) is 54.7 Å². The van der Waals surface area contributed by atoms with Gasteiger partial charge in [-0.1, -0.05) is 24.3 Å². The van der Waals surface area contributed by atoms with Gasteiger partial charge in [0, 0.05) is 58.4 Å². The average Bonchev–Trinajstić information content (AvgIpc) is 3.52. The van der Waals surface area contributed by atoms with Gasteiger partial charge >= 0.3 is 11.9 Å². The van der Waals surface area contributed by atoms with Gasteiger partial charge in [0.15, 0.2) is 19.0 Å². The van der Waals surface area contributed by atoms with E-state index < -0.39 is 37.1 Å². The first kappa shape index (κ1) is 73.8. The molecule has 0 saturated heterocycles. The topological polar surface area (TPSA) is 331 Å². The normalized spacial score (nSPS) is 12.0. The smallest absolute Gasteiger partial charge is 0.341 e. The van der Waals surface area contributed by atoms with Crippen molar-refractivity contribution in [1.82, 2.24) is 10.6 Å². The van der Waals surface area contributed by atoms with Gasteiger partial charge in [-0.3, -0.25) is 19.2 Å². The van der Waals surface area contributed by atoms with Crippen molar-refractivity contribution in [3.05, 3.63) is 59.7 Å². The average molecular weight is 1190 g/mol. The van der Waals surface area contributed by atoms with Crippen LogP contribution in [0.15, 0.2) is 48.5 Å². The number of ketones is 2. The van der Waals surface area contributed by atoms with E-state index in [4.69, 9.17) is 87.0 Å². The minimum Gasteiger partial charge on any atom is -0.482 e. The highest BCUT2D eigenvalue weighted by Gasteiger charge is 2.23. The van der Waals surface area contributed by atoms with E-state index in [-0.39, 0.29) is 115 Å². The van der Waals surface area contributed by atoms with E-state index in [2.05, 4.69) is 10.6 Å². The molecular formula is C57H91N3O23. The summed E-state index contributed by atoms with van der Waals surface area (Å²) in [6, 6.07) is 12.5. The third-order valence-electron chi connectivity index (χ3n) is 11.4. The molecule has 0 bridgehead atoms. The first-order valence-corrected chi connectivity index (χ1v) is 28.1. The maximum absolute atomic E-state index is 13.4. The Morgan fingerprint density at radius 3 is 1.28 bits per heavy atom. The van der Waals surface area contributed by atoms with Crippen molar-refractivity contribution >= 4 is 35.3 Å². The van der Waals surface area contributed by atoms with Crippen molar-refractivity contribution in [3.63, 3.8) is 0 Å². The monoisotopic (exact) mass is 1190 g/mol. The Kier molecular flexibility index (Phi) is 46.5. The number of Topliss-reactive ketones (excluding diaryl/α,β-unsaturated/α-hetero) is 2. The van der Waals surface area contributed by atoms with Crippen LogP contribution in [0.25, 0.3) is 0 Å². The van der Waals surface area contributed by atoms with Gasteiger partial charge in [-0.15, -0.1) is 0 Å². The second kappa shape index (κ2) is 52.3. The van der Waals surface area contributed by atoms with Gasteiger partial charge in [0.25, 0.3) is 0 Å². The van der Waals surface area contributed by atoms with E-state index >= 15 is 0 Å². The highest BCUT2D eigenvalue weighted by atomic mass is 16.6. The summed E-state index contributed by atoms with van der Waals surface area (Å²) in [6.07, 6.45) is 1.20. The van der Waals surface area contributed by atoms with E-state index in [1.54, 1.807) is 55.6 Å². The summed E-state index contributed by atoms with van der Waals surface area (Å²) >= 11 is 0. The molecule has 2 rings (SSSR count). The number of carbonyl (C=O) groups excluding carboxylic acids is 4. The van der Waals surface area contributed by atoms with Crippen molar-refractivity contribution in [2.75, 3.05) is 199 Å². The van der Waals surface area contributed by atoms with E-state index in [9.17, 15) is 28.8 Å². The summed E-state index contributed by atoms with van der Waals surface area (Å²) in [6.45, 7) is 8.52. The number of carboxylic acids is 2. The molecule has 0 aliphatic carbocycles. The van der Waals surface area contributed by atoms with E-state index in [1.807, 2.05) is 0 Å². The minimum atomic E-state index is -1.11. The predicted octanol–water partition coefficient (Wildman–Crippen LogP) is 1.51. The summed E-state index contributed by atoms with van der Waals surface area (Å²) in [5.41, 5.74) is 6.88. The molecule has 0 radical (unpaired) electrons. The molecule has 26 nitrogen and oxygen atoms in total. The number of nitrogens with one attached hydrogen (secondary N) is 2. The molecule has 83 heavy (non-hydrogen) atoms. The fourth-order valence-electron chi connectivity index (χ4n) is 7.18.